The quantitative estimate of drug-likeness (QED) is 0.736. The van der Waals surface area contributed by atoms with Crippen LogP contribution in [0.15, 0.2) is 54.6 Å². The van der Waals surface area contributed by atoms with Crippen LogP contribution < -0.4 is 15.6 Å². The largest absolute Gasteiger partial charge is 0.497 e. The number of carbonyl (C=O) groups is 1. The van der Waals surface area contributed by atoms with Crippen LogP contribution in [0.5, 0.6) is 5.75 Å². The summed E-state index contributed by atoms with van der Waals surface area (Å²) in [5.74, 6) is 1.55. The van der Waals surface area contributed by atoms with Crippen LogP contribution in [0.25, 0.3) is 0 Å². The molecule has 2 saturated heterocycles. The Hall–Kier alpha value is -2.41. The maximum absolute atomic E-state index is 13.0. The molecule has 1 amide bonds. The highest BCUT2D eigenvalue weighted by atomic mass is 16.5. The van der Waals surface area contributed by atoms with Crippen molar-refractivity contribution in [3.63, 3.8) is 0 Å². The molecule has 0 saturated carbocycles. The minimum absolute atomic E-state index is 0.109. The standard InChI is InChI=1S/C24H31N3O3/c1-29-21-9-5-8-20(14-21)22-15-23(26-25-22)24(28)27-12-10-19(11-13-27)17-30-16-18-6-3-2-4-7-18/h2-9,14,19,22-23,25-26H,10-13,15-17H2,1H3. The molecule has 2 aliphatic heterocycles. The van der Waals surface area contributed by atoms with Gasteiger partial charge in [-0.05, 0) is 48.4 Å². The van der Waals surface area contributed by atoms with Crippen LogP contribution in [-0.2, 0) is 16.1 Å². The predicted octanol–water partition coefficient (Wildman–Crippen LogP) is 3.06. The van der Waals surface area contributed by atoms with E-state index in [1.807, 2.05) is 41.3 Å². The van der Waals surface area contributed by atoms with Crippen LogP contribution in [0.1, 0.15) is 36.4 Å². The minimum atomic E-state index is -0.188. The fourth-order valence-corrected chi connectivity index (χ4v) is 4.25. The van der Waals surface area contributed by atoms with Gasteiger partial charge in [-0.15, -0.1) is 0 Å². The monoisotopic (exact) mass is 409 g/mol. The molecule has 0 radical (unpaired) electrons. The summed E-state index contributed by atoms with van der Waals surface area (Å²) in [5, 5.41) is 0. The summed E-state index contributed by atoms with van der Waals surface area (Å²) in [4.78, 5) is 15.0. The molecule has 2 atom stereocenters. The van der Waals surface area contributed by atoms with Gasteiger partial charge in [0, 0.05) is 25.7 Å². The average molecular weight is 410 g/mol. The van der Waals surface area contributed by atoms with E-state index in [-0.39, 0.29) is 18.0 Å². The summed E-state index contributed by atoms with van der Waals surface area (Å²) in [7, 11) is 1.67. The van der Waals surface area contributed by atoms with Gasteiger partial charge in [0.1, 0.15) is 11.8 Å². The van der Waals surface area contributed by atoms with Gasteiger partial charge in [-0.2, -0.15) is 0 Å². The van der Waals surface area contributed by atoms with Crippen LogP contribution in [0.4, 0.5) is 0 Å². The Kier molecular flexibility index (Phi) is 7.00. The van der Waals surface area contributed by atoms with Crippen molar-refractivity contribution < 1.29 is 14.3 Å². The van der Waals surface area contributed by atoms with E-state index in [2.05, 4.69) is 29.1 Å². The van der Waals surface area contributed by atoms with Crippen molar-refractivity contribution in [2.24, 2.45) is 5.92 Å². The summed E-state index contributed by atoms with van der Waals surface area (Å²) in [5.41, 5.74) is 8.81. The number of hydrogen-bond donors (Lipinski definition) is 2. The molecule has 0 spiro atoms. The number of rotatable bonds is 7. The second kappa shape index (κ2) is 10.1. The van der Waals surface area contributed by atoms with Crippen molar-refractivity contribution in [3.05, 3.63) is 65.7 Å². The Morgan fingerprint density at radius 3 is 2.63 bits per heavy atom. The number of methoxy groups -OCH3 is 1. The van der Waals surface area contributed by atoms with Gasteiger partial charge in [0.25, 0.3) is 0 Å². The Bertz CT molecular complexity index is 821. The number of piperidine rings is 1. The van der Waals surface area contributed by atoms with Gasteiger partial charge < -0.3 is 14.4 Å². The lowest BCUT2D eigenvalue weighted by molar-refractivity contribution is -0.134. The third kappa shape index (κ3) is 5.19. The predicted molar refractivity (Wildman–Crippen MR) is 116 cm³/mol. The number of benzene rings is 2. The van der Waals surface area contributed by atoms with E-state index in [1.54, 1.807) is 7.11 Å². The van der Waals surface area contributed by atoms with E-state index < -0.39 is 0 Å². The molecule has 6 nitrogen and oxygen atoms in total. The molecule has 0 bridgehead atoms. The summed E-state index contributed by atoms with van der Waals surface area (Å²) < 4.78 is 11.2. The van der Waals surface area contributed by atoms with E-state index in [0.717, 1.165) is 50.3 Å². The van der Waals surface area contributed by atoms with E-state index in [9.17, 15) is 4.79 Å². The van der Waals surface area contributed by atoms with Gasteiger partial charge in [0.2, 0.25) is 5.91 Å². The smallest absolute Gasteiger partial charge is 0.241 e. The average Bonchev–Trinajstić information content (AvgIpc) is 3.30. The molecule has 2 aromatic rings. The second-order valence-corrected chi connectivity index (χ2v) is 8.18. The molecule has 2 aliphatic rings. The van der Waals surface area contributed by atoms with Crippen molar-refractivity contribution in [1.82, 2.24) is 15.8 Å². The zero-order chi connectivity index (χ0) is 20.8. The lowest BCUT2D eigenvalue weighted by atomic mass is 9.96. The van der Waals surface area contributed by atoms with E-state index in [0.29, 0.717) is 12.5 Å². The number of carbonyl (C=O) groups excluding carboxylic acids is 1. The maximum atomic E-state index is 13.0. The van der Waals surface area contributed by atoms with E-state index >= 15 is 0 Å². The second-order valence-electron chi connectivity index (χ2n) is 8.18. The molecule has 2 fully saturated rings. The van der Waals surface area contributed by atoms with Crippen LogP contribution in [-0.4, -0.2) is 43.7 Å². The third-order valence-electron chi connectivity index (χ3n) is 6.09. The van der Waals surface area contributed by atoms with Gasteiger partial charge >= 0.3 is 0 Å². The fourth-order valence-electron chi connectivity index (χ4n) is 4.25. The SMILES string of the molecule is COc1cccc(C2CC(C(=O)N3CCC(COCc4ccccc4)CC3)NN2)c1. The Morgan fingerprint density at radius 1 is 1.07 bits per heavy atom. The first-order chi connectivity index (χ1) is 14.7. The molecular formula is C24H31N3O3. The zero-order valence-electron chi connectivity index (χ0n) is 17.5. The number of hydrogen-bond acceptors (Lipinski definition) is 5. The summed E-state index contributed by atoms with van der Waals surface area (Å²) in [6, 6.07) is 18.2. The molecule has 160 valence electrons. The highest BCUT2D eigenvalue weighted by molar-refractivity contribution is 5.82. The molecule has 2 heterocycles. The van der Waals surface area contributed by atoms with Gasteiger partial charge in [0.05, 0.1) is 13.7 Å². The number of hydrazine groups is 1. The molecule has 6 heteroatoms. The van der Waals surface area contributed by atoms with Crippen molar-refractivity contribution >= 4 is 5.91 Å². The van der Waals surface area contributed by atoms with Crippen molar-refractivity contribution in [3.8, 4) is 5.75 Å². The molecule has 2 unspecified atom stereocenters. The lowest BCUT2D eigenvalue weighted by Crippen LogP contribution is -2.48. The van der Waals surface area contributed by atoms with Crippen LogP contribution in [0, 0.1) is 5.92 Å². The Labute approximate surface area is 178 Å². The van der Waals surface area contributed by atoms with Crippen LogP contribution >= 0.6 is 0 Å². The van der Waals surface area contributed by atoms with E-state index in [4.69, 9.17) is 9.47 Å². The van der Waals surface area contributed by atoms with Crippen molar-refractivity contribution in [2.45, 2.75) is 38.0 Å². The zero-order valence-corrected chi connectivity index (χ0v) is 17.5. The highest BCUT2D eigenvalue weighted by Gasteiger charge is 2.34. The van der Waals surface area contributed by atoms with Crippen LogP contribution in [0.3, 0.4) is 0 Å². The van der Waals surface area contributed by atoms with Gasteiger partial charge in [-0.1, -0.05) is 42.5 Å². The molecule has 4 rings (SSSR count). The molecule has 30 heavy (non-hydrogen) atoms. The summed E-state index contributed by atoms with van der Waals surface area (Å²) in [6.07, 6.45) is 2.74. The summed E-state index contributed by atoms with van der Waals surface area (Å²) >= 11 is 0. The highest BCUT2D eigenvalue weighted by Crippen LogP contribution is 2.27. The van der Waals surface area contributed by atoms with Crippen LogP contribution in [0.2, 0.25) is 0 Å². The maximum Gasteiger partial charge on any atom is 0.241 e. The van der Waals surface area contributed by atoms with Crippen molar-refractivity contribution in [2.75, 3.05) is 26.8 Å². The van der Waals surface area contributed by atoms with Gasteiger partial charge in [-0.3, -0.25) is 4.79 Å². The fraction of sp³-hybridized carbons (Fsp3) is 0.458. The summed E-state index contributed by atoms with van der Waals surface area (Å²) in [6.45, 7) is 3.03. The molecule has 0 aliphatic carbocycles. The van der Waals surface area contributed by atoms with Gasteiger partial charge in [0.15, 0.2) is 0 Å². The first-order valence-corrected chi connectivity index (χ1v) is 10.8. The number of nitrogens with zero attached hydrogens (tertiary/aromatic N) is 1. The Morgan fingerprint density at radius 2 is 1.87 bits per heavy atom. The molecular weight excluding hydrogens is 378 g/mol. The number of amides is 1. The normalized spacial score (nSPS) is 22.2. The number of likely N-dealkylation sites (tertiary alicyclic amines) is 1. The lowest BCUT2D eigenvalue weighted by Gasteiger charge is -2.33. The third-order valence-corrected chi connectivity index (χ3v) is 6.09. The molecule has 0 aromatic heterocycles. The first kappa shape index (κ1) is 20.8. The van der Waals surface area contributed by atoms with Gasteiger partial charge in [-0.25, -0.2) is 10.9 Å². The minimum Gasteiger partial charge on any atom is -0.497 e. The number of ether oxygens (including phenoxy) is 2. The Balaban J connectivity index is 1.21. The first-order valence-electron chi connectivity index (χ1n) is 10.8. The van der Waals surface area contributed by atoms with E-state index in [1.165, 1.54) is 5.56 Å². The topological polar surface area (TPSA) is 62.8 Å². The molecule has 2 N–H and O–H groups in total. The number of nitrogens with one attached hydrogen (secondary N) is 2. The molecule has 2 aromatic carbocycles. The van der Waals surface area contributed by atoms with Crippen molar-refractivity contribution in [1.29, 1.82) is 0 Å².